The predicted octanol–water partition coefficient (Wildman–Crippen LogP) is 4.84. The number of fused-ring (bicyclic) bond motifs is 1. The molecule has 2 aromatic carbocycles. The maximum Gasteiger partial charge on any atom is 0.573 e. The lowest BCUT2D eigenvalue weighted by atomic mass is 10.1. The minimum atomic E-state index is -4.87. The van der Waals surface area contributed by atoms with Crippen molar-refractivity contribution in [1.82, 2.24) is 9.88 Å². The molecule has 0 fully saturated rings. The number of halogens is 4. The van der Waals surface area contributed by atoms with Crippen molar-refractivity contribution in [1.29, 1.82) is 0 Å². The number of carbonyl (C=O) groups excluding carboxylic acids is 2. The summed E-state index contributed by atoms with van der Waals surface area (Å²) in [6.45, 7) is 4.04. The Labute approximate surface area is 186 Å². The number of benzene rings is 2. The normalized spacial score (nSPS) is 11.6. The van der Waals surface area contributed by atoms with Gasteiger partial charge < -0.3 is 15.2 Å². The molecule has 6 nitrogen and oxygen atoms in total. The number of aromatic nitrogens is 1. The van der Waals surface area contributed by atoms with Gasteiger partial charge in [0.1, 0.15) is 5.75 Å². The van der Waals surface area contributed by atoms with Gasteiger partial charge in [0.05, 0.1) is 11.9 Å². The molecule has 1 amide bonds. The van der Waals surface area contributed by atoms with Gasteiger partial charge in [-0.3, -0.25) is 14.2 Å². The van der Waals surface area contributed by atoms with Crippen molar-refractivity contribution in [3.63, 3.8) is 0 Å². The second kappa shape index (κ2) is 9.51. The monoisotopic (exact) mass is 466 g/mol. The smallest absolute Gasteiger partial charge is 0.505 e. The Bertz CT molecular complexity index is 1180. The molecule has 2 N–H and O–H groups in total. The number of amides is 1. The van der Waals surface area contributed by atoms with E-state index in [1.54, 1.807) is 6.92 Å². The topological polar surface area (TPSA) is 80.6 Å². The summed E-state index contributed by atoms with van der Waals surface area (Å²) in [6.07, 6.45) is -3.28. The molecule has 176 valence electrons. The molecule has 0 unspecified atom stereocenters. The van der Waals surface area contributed by atoms with E-state index in [-0.39, 0.29) is 23.4 Å². The summed E-state index contributed by atoms with van der Waals surface area (Å²) in [5.74, 6) is -3.02. The number of phenolic OH excluding ortho intramolecular Hbond substituents is 1. The van der Waals surface area contributed by atoms with Gasteiger partial charge in [0, 0.05) is 29.3 Å². The number of aromatic hydroxyl groups is 1. The second-order valence-corrected chi connectivity index (χ2v) is 7.48. The Morgan fingerprint density at radius 2 is 1.82 bits per heavy atom. The fourth-order valence-electron chi connectivity index (χ4n) is 3.53. The Morgan fingerprint density at radius 3 is 2.42 bits per heavy atom. The van der Waals surface area contributed by atoms with Crippen LogP contribution < -0.4 is 10.1 Å². The van der Waals surface area contributed by atoms with Crippen molar-refractivity contribution in [3.05, 3.63) is 59.0 Å². The average molecular weight is 466 g/mol. The van der Waals surface area contributed by atoms with Crippen LogP contribution in [0.5, 0.6) is 11.5 Å². The zero-order valence-corrected chi connectivity index (χ0v) is 17.9. The number of alkyl halides is 3. The van der Waals surface area contributed by atoms with Crippen molar-refractivity contribution < 1.29 is 37.0 Å². The number of ether oxygens (including phenoxy) is 1. The standard InChI is InChI=1S/C23H22F4N2O4/c1-3-4-9-28-21(31)11-16-13(2)29(19-12-18(24)20(30)10-17(16)19)22(32)14-5-7-15(8-6-14)33-23(25,26)27/h5-8,10,12,30H,3-4,9,11H2,1-2H3,(H,28,31). The van der Waals surface area contributed by atoms with E-state index >= 15 is 0 Å². The summed E-state index contributed by atoms with van der Waals surface area (Å²) in [5, 5.41) is 12.9. The van der Waals surface area contributed by atoms with Crippen LogP contribution in [0.25, 0.3) is 10.9 Å². The first-order valence-corrected chi connectivity index (χ1v) is 10.2. The SMILES string of the molecule is CCCCNC(=O)Cc1c(C)n(C(=O)c2ccc(OC(F)(F)F)cc2)c2cc(F)c(O)cc12. The molecule has 0 saturated carbocycles. The molecule has 33 heavy (non-hydrogen) atoms. The molecule has 0 atom stereocenters. The quantitative estimate of drug-likeness (QED) is 0.386. The van der Waals surface area contributed by atoms with Gasteiger partial charge in [-0.05, 0) is 49.2 Å². The third-order valence-electron chi connectivity index (χ3n) is 5.13. The minimum absolute atomic E-state index is 0.0250. The molecule has 0 saturated heterocycles. The fourth-order valence-corrected chi connectivity index (χ4v) is 3.53. The molecule has 3 rings (SSSR count). The molecule has 0 bridgehead atoms. The van der Waals surface area contributed by atoms with Crippen LogP contribution in [-0.4, -0.2) is 34.4 Å². The molecule has 0 radical (unpaired) electrons. The fraction of sp³-hybridized carbons (Fsp3) is 0.304. The zero-order chi connectivity index (χ0) is 24.3. The molecule has 0 aliphatic heterocycles. The van der Waals surface area contributed by atoms with Crippen LogP contribution in [0.1, 0.15) is 41.4 Å². The molecule has 0 aliphatic rings. The highest BCUT2D eigenvalue weighted by atomic mass is 19.4. The Balaban J connectivity index is 2.01. The summed E-state index contributed by atoms with van der Waals surface area (Å²) < 4.78 is 56.3. The number of hydrogen-bond donors (Lipinski definition) is 2. The van der Waals surface area contributed by atoms with E-state index in [0.717, 1.165) is 49.2 Å². The van der Waals surface area contributed by atoms with Gasteiger partial charge in [-0.15, -0.1) is 13.2 Å². The molecule has 1 aromatic heterocycles. The lowest BCUT2D eigenvalue weighted by Crippen LogP contribution is -2.26. The number of hydrogen-bond acceptors (Lipinski definition) is 4. The zero-order valence-electron chi connectivity index (χ0n) is 17.9. The third-order valence-corrected chi connectivity index (χ3v) is 5.13. The lowest BCUT2D eigenvalue weighted by molar-refractivity contribution is -0.274. The van der Waals surface area contributed by atoms with E-state index in [1.807, 2.05) is 6.92 Å². The third kappa shape index (κ3) is 5.44. The van der Waals surface area contributed by atoms with Gasteiger partial charge in [0.25, 0.3) is 5.91 Å². The Hall–Kier alpha value is -3.56. The number of nitrogens with zero attached hydrogens (tertiary/aromatic N) is 1. The van der Waals surface area contributed by atoms with Crippen LogP contribution in [0.3, 0.4) is 0 Å². The molecular weight excluding hydrogens is 444 g/mol. The van der Waals surface area contributed by atoms with E-state index in [0.29, 0.717) is 23.2 Å². The largest absolute Gasteiger partial charge is 0.573 e. The second-order valence-electron chi connectivity index (χ2n) is 7.48. The molecule has 1 heterocycles. The van der Waals surface area contributed by atoms with E-state index < -0.39 is 29.6 Å². The van der Waals surface area contributed by atoms with Gasteiger partial charge in [0.2, 0.25) is 5.91 Å². The molecular formula is C23H22F4N2O4. The van der Waals surface area contributed by atoms with E-state index in [2.05, 4.69) is 10.1 Å². The van der Waals surface area contributed by atoms with Gasteiger partial charge in [0.15, 0.2) is 11.6 Å². The van der Waals surface area contributed by atoms with E-state index in [9.17, 15) is 32.3 Å². The van der Waals surface area contributed by atoms with Crippen molar-refractivity contribution in [2.24, 2.45) is 0 Å². The van der Waals surface area contributed by atoms with Gasteiger partial charge in [-0.25, -0.2) is 4.39 Å². The summed E-state index contributed by atoms with van der Waals surface area (Å²) >= 11 is 0. The van der Waals surface area contributed by atoms with Crippen LogP contribution in [0.2, 0.25) is 0 Å². The number of carbonyl (C=O) groups is 2. The Morgan fingerprint density at radius 1 is 1.15 bits per heavy atom. The van der Waals surface area contributed by atoms with Crippen LogP contribution >= 0.6 is 0 Å². The summed E-state index contributed by atoms with van der Waals surface area (Å²) in [7, 11) is 0. The van der Waals surface area contributed by atoms with Crippen molar-refractivity contribution in [2.45, 2.75) is 39.5 Å². The Kier molecular flexibility index (Phi) is 6.95. The predicted molar refractivity (Wildman–Crippen MR) is 113 cm³/mol. The maximum atomic E-state index is 14.1. The van der Waals surface area contributed by atoms with Gasteiger partial charge >= 0.3 is 6.36 Å². The van der Waals surface area contributed by atoms with Crippen molar-refractivity contribution in [3.8, 4) is 11.5 Å². The highest BCUT2D eigenvalue weighted by Crippen LogP contribution is 2.32. The molecule has 0 spiro atoms. The van der Waals surface area contributed by atoms with Crippen LogP contribution in [-0.2, 0) is 11.2 Å². The van der Waals surface area contributed by atoms with Crippen LogP contribution in [0.4, 0.5) is 17.6 Å². The van der Waals surface area contributed by atoms with Crippen molar-refractivity contribution >= 4 is 22.7 Å². The van der Waals surface area contributed by atoms with Crippen molar-refractivity contribution in [2.75, 3.05) is 6.54 Å². The number of phenols is 1. The van der Waals surface area contributed by atoms with Crippen LogP contribution in [0, 0.1) is 12.7 Å². The first kappa shape index (κ1) is 24.1. The first-order chi connectivity index (χ1) is 15.5. The van der Waals surface area contributed by atoms with E-state index in [4.69, 9.17) is 0 Å². The minimum Gasteiger partial charge on any atom is -0.505 e. The number of unbranched alkanes of at least 4 members (excludes halogenated alkanes) is 1. The lowest BCUT2D eigenvalue weighted by Gasteiger charge is -2.11. The summed E-state index contributed by atoms with van der Waals surface area (Å²) in [6, 6.07) is 6.43. The maximum absolute atomic E-state index is 14.1. The summed E-state index contributed by atoms with van der Waals surface area (Å²) in [5.41, 5.74) is 0.928. The van der Waals surface area contributed by atoms with Crippen LogP contribution in [0.15, 0.2) is 36.4 Å². The highest BCUT2D eigenvalue weighted by Gasteiger charge is 2.31. The molecule has 10 heteroatoms. The number of rotatable bonds is 7. The summed E-state index contributed by atoms with van der Waals surface area (Å²) in [4.78, 5) is 25.6. The van der Waals surface area contributed by atoms with Gasteiger partial charge in [-0.2, -0.15) is 0 Å². The molecule has 0 aliphatic carbocycles. The highest BCUT2D eigenvalue weighted by molar-refractivity contribution is 6.05. The van der Waals surface area contributed by atoms with E-state index in [1.165, 1.54) is 4.57 Å². The van der Waals surface area contributed by atoms with Gasteiger partial charge in [-0.1, -0.05) is 13.3 Å². The first-order valence-electron chi connectivity index (χ1n) is 10.2. The molecule has 3 aromatic rings. The number of nitrogens with one attached hydrogen (secondary N) is 1. The average Bonchev–Trinajstić information content (AvgIpc) is 2.98.